The van der Waals surface area contributed by atoms with E-state index < -0.39 is 0 Å². The number of fused-ring (bicyclic) bond motifs is 5. The van der Waals surface area contributed by atoms with Gasteiger partial charge < -0.3 is 10.2 Å². The van der Waals surface area contributed by atoms with Gasteiger partial charge >= 0.3 is 0 Å². The molecule has 3 atom stereocenters. The second kappa shape index (κ2) is 8.38. The Balaban J connectivity index is 1.46. The number of aromatic nitrogens is 2. The number of para-hydroxylation sites is 1. The summed E-state index contributed by atoms with van der Waals surface area (Å²) >= 11 is 0. The van der Waals surface area contributed by atoms with Crippen molar-refractivity contribution in [2.45, 2.75) is 18.5 Å². The van der Waals surface area contributed by atoms with E-state index in [0.717, 1.165) is 23.6 Å². The minimum atomic E-state index is -0.135. The number of hydrogen-bond acceptors (Lipinski definition) is 4. The maximum Gasteiger partial charge on any atom is 0.265 e. The third-order valence-corrected chi connectivity index (χ3v) is 7.63. The highest BCUT2D eigenvalue weighted by Crippen LogP contribution is 2.51. The van der Waals surface area contributed by atoms with Crippen LogP contribution in [0.25, 0.3) is 5.65 Å². The topological polar surface area (TPSA) is 49.6 Å². The average molecular weight is 471 g/mol. The van der Waals surface area contributed by atoms with Crippen molar-refractivity contribution in [3.05, 3.63) is 142 Å². The van der Waals surface area contributed by atoms with E-state index in [9.17, 15) is 4.79 Å². The fourth-order valence-electron chi connectivity index (χ4n) is 6.07. The molecule has 1 N–H and O–H groups in total. The molecule has 5 aromatic rings. The average Bonchev–Trinajstić information content (AvgIpc) is 2.93. The lowest BCUT2D eigenvalue weighted by molar-refractivity contribution is 0.368. The monoisotopic (exact) mass is 470 g/mol. The second-order valence-corrected chi connectivity index (χ2v) is 9.71. The maximum absolute atomic E-state index is 14.0. The summed E-state index contributed by atoms with van der Waals surface area (Å²) in [5.41, 5.74) is 6.28. The fourth-order valence-corrected chi connectivity index (χ4v) is 6.07. The van der Waals surface area contributed by atoms with Gasteiger partial charge in [0.1, 0.15) is 11.5 Å². The summed E-state index contributed by atoms with van der Waals surface area (Å²) in [7, 11) is 0. The van der Waals surface area contributed by atoms with Crippen molar-refractivity contribution in [3.8, 4) is 0 Å². The number of rotatable bonds is 3. The molecule has 2 aliphatic rings. The molecule has 0 radical (unpaired) electrons. The van der Waals surface area contributed by atoms with Gasteiger partial charge in [0.05, 0.1) is 11.6 Å². The zero-order valence-corrected chi connectivity index (χ0v) is 19.8. The molecule has 5 heteroatoms. The van der Waals surface area contributed by atoms with Crippen LogP contribution in [0.15, 0.2) is 114 Å². The summed E-state index contributed by atoms with van der Waals surface area (Å²) in [6.45, 7) is 1.50. The van der Waals surface area contributed by atoms with E-state index in [-0.39, 0.29) is 23.4 Å². The third-order valence-electron chi connectivity index (χ3n) is 7.63. The van der Waals surface area contributed by atoms with Crippen molar-refractivity contribution >= 4 is 17.2 Å². The molecule has 0 spiro atoms. The molecule has 5 nitrogen and oxygen atoms in total. The van der Waals surface area contributed by atoms with Crippen LogP contribution >= 0.6 is 0 Å². The zero-order valence-electron chi connectivity index (χ0n) is 19.8. The Kier molecular flexibility index (Phi) is 4.88. The third kappa shape index (κ3) is 3.31. The number of benzene rings is 3. The van der Waals surface area contributed by atoms with Crippen molar-refractivity contribution < 1.29 is 0 Å². The fraction of sp³-hybridized carbons (Fsp3) is 0.161. The summed E-state index contributed by atoms with van der Waals surface area (Å²) in [5, 5.41) is 3.76. The van der Waals surface area contributed by atoms with Crippen LogP contribution in [0.2, 0.25) is 0 Å². The second-order valence-electron chi connectivity index (χ2n) is 9.71. The molecular formula is C31H26N4O. The van der Waals surface area contributed by atoms with Crippen molar-refractivity contribution in [2.24, 2.45) is 5.92 Å². The summed E-state index contributed by atoms with van der Waals surface area (Å²) < 4.78 is 1.68. The predicted molar refractivity (Wildman–Crippen MR) is 144 cm³/mol. The molecule has 0 fully saturated rings. The van der Waals surface area contributed by atoms with Gasteiger partial charge in [-0.25, -0.2) is 4.98 Å². The van der Waals surface area contributed by atoms with E-state index in [2.05, 4.69) is 89.1 Å². The first-order valence-electron chi connectivity index (χ1n) is 12.5. The van der Waals surface area contributed by atoms with E-state index in [4.69, 9.17) is 4.98 Å². The van der Waals surface area contributed by atoms with Gasteiger partial charge in [-0.1, -0.05) is 84.9 Å². The molecule has 0 unspecified atom stereocenters. The highest BCUT2D eigenvalue weighted by atomic mass is 16.1. The number of hydrogen-bond donors (Lipinski definition) is 1. The SMILES string of the molecule is O=c1c2c(nc3ccccn13)N(Cc1ccccc1)C[C@H]1[C@H](c3ccccc3)c3ccccc3N[C@H]21. The molecule has 2 aliphatic heterocycles. The van der Waals surface area contributed by atoms with Gasteiger partial charge in [0, 0.05) is 36.8 Å². The van der Waals surface area contributed by atoms with E-state index >= 15 is 0 Å². The molecule has 176 valence electrons. The Morgan fingerprint density at radius 3 is 2.39 bits per heavy atom. The van der Waals surface area contributed by atoms with E-state index in [1.807, 2.05) is 30.5 Å². The van der Waals surface area contributed by atoms with Crippen LogP contribution in [0.4, 0.5) is 11.5 Å². The van der Waals surface area contributed by atoms with Crippen LogP contribution in [0.3, 0.4) is 0 Å². The molecule has 0 amide bonds. The summed E-state index contributed by atoms with van der Waals surface area (Å²) in [6.07, 6.45) is 1.82. The van der Waals surface area contributed by atoms with Crippen LogP contribution in [0.5, 0.6) is 0 Å². The highest BCUT2D eigenvalue weighted by Gasteiger charge is 2.45. The molecule has 3 aromatic carbocycles. The molecule has 4 heterocycles. The van der Waals surface area contributed by atoms with Crippen LogP contribution in [0.1, 0.15) is 34.2 Å². The standard InChI is InChI=1S/C31H26N4O/c36-31-28-29-24(27(22-13-5-2-6-14-22)23-15-7-8-16-25(23)32-29)20-34(19-21-11-3-1-4-12-21)30(28)33-26-17-9-10-18-35(26)31/h1-18,24,27,29,32H,19-20H2/t24-,27+,29-/m0/s1. The van der Waals surface area contributed by atoms with Gasteiger partial charge in [-0.2, -0.15) is 0 Å². The molecule has 2 aromatic heterocycles. The molecular weight excluding hydrogens is 444 g/mol. The number of nitrogens with one attached hydrogen (secondary N) is 1. The van der Waals surface area contributed by atoms with Gasteiger partial charge in [-0.3, -0.25) is 9.20 Å². The predicted octanol–water partition coefficient (Wildman–Crippen LogP) is 5.63. The van der Waals surface area contributed by atoms with Crippen LogP contribution < -0.4 is 15.8 Å². The first kappa shape index (κ1) is 20.9. The number of pyridine rings is 1. The number of nitrogens with zero attached hydrogens (tertiary/aromatic N) is 3. The maximum atomic E-state index is 14.0. The Morgan fingerprint density at radius 2 is 1.56 bits per heavy atom. The Labute approximate surface area is 209 Å². The van der Waals surface area contributed by atoms with Crippen molar-refractivity contribution in [1.82, 2.24) is 9.38 Å². The van der Waals surface area contributed by atoms with Gasteiger partial charge in [-0.15, -0.1) is 0 Å². The lowest BCUT2D eigenvalue weighted by atomic mass is 9.70. The highest BCUT2D eigenvalue weighted by molar-refractivity contribution is 5.65. The Bertz CT molecular complexity index is 1610. The van der Waals surface area contributed by atoms with Crippen molar-refractivity contribution in [2.75, 3.05) is 16.8 Å². The van der Waals surface area contributed by atoms with Gasteiger partial charge in [0.2, 0.25) is 0 Å². The lowest BCUT2D eigenvalue weighted by Gasteiger charge is -2.47. The summed E-state index contributed by atoms with van der Waals surface area (Å²) in [4.78, 5) is 21.4. The van der Waals surface area contributed by atoms with E-state index in [0.29, 0.717) is 12.2 Å². The molecule has 0 aliphatic carbocycles. The number of anilines is 2. The van der Waals surface area contributed by atoms with Crippen LogP contribution in [0, 0.1) is 5.92 Å². The molecule has 0 bridgehead atoms. The zero-order chi connectivity index (χ0) is 24.1. The lowest BCUT2D eigenvalue weighted by Crippen LogP contribution is -2.48. The first-order valence-corrected chi connectivity index (χ1v) is 12.5. The Morgan fingerprint density at radius 1 is 0.833 bits per heavy atom. The van der Waals surface area contributed by atoms with Crippen molar-refractivity contribution in [3.63, 3.8) is 0 Å². The first-order chi connectivity index (χ1) is 17.8. The molecule has 0 saturated heterocycles. The minimum Gasteiger partial charge on any atom is -0.377 e. The quantitative estimate of drug-likeness (QED) is 0.371. The molecule has 7 rings (SSSR count). The summed E-state index contributed by atoms with van der Waals surface area (Å²) in [5.74, 6) is 1.11. The van der Waals surface area contributed by atoms with Gasteiger partial charge in [-0.05, 0) is 34.9 Å². The van der Waals surface area contributed by atoms with E-state index in [1.54, 1.807) is 4.40 Å². The minimum absolute atomic E-state index is 0.00190. The van der Waals surface area contributed by atoms with Crippen LogP contribution in [-0.4, -0.2) is 15.9 Å². The normalized spacial score (nSPS) is 20.2. The Hall–Kier alpha value is -4.38. The van der Waals surface area contributed by atoms with Gasteiger partial charge in [0.25, 0.3) is 5.56 Å². The van der Waals surface area contributed by atoms with Crippen molar-refractivity contribution in [1.29, 1.82) is 0 Å². The van der Waals surface area contributed by atoms with E-state index in [1.165, 1.54) is 16.7 Å². The summed E-state index contributed by atoms with van der Waals surface area (Å²) in [6, 6.07) is 35.3. The smallest absolute Gasteiger partial charge is 0.265 e. The van der Waals surface area contributed by atoms with Gasteiger partial charge in [0.15, 0.2) is 0 Å². The molecule has 0 saturated carbocycles. The van der Waals surface area contributed by atoms with Crippen LogP contribution in [-0.2, 0) is 6.54 Å². The largest absolute Gasteiger partial charge is 0.377 e. The molecule has 36 heavy (non-hydrogen) atoms.